The number of aromatic carboxylic acids is 1. The van der Waals surface area contributed by atoms with Crippen LogP contribution in [0.2, 0.25) is 0 Å². The van der Waals surface area contributed by atoms with Gasteiger partial charge in [-0.1, -0.05) is 0 Å². The Hall–Kier alpha value is -1.75. The molecule has 2 heterocycles. The van der Waals surface area contributed by atoms with Crippen LogP contribution < -0.4 is 15.1 Å². The number of likely N-dealkylation sites (N-methyl/N-ethyl adjacent to an activating group) is 1. The quantitative estimate of drug-likeness (QED) is 0.761. The van der Waals surface area contributed by atoms with Gasteiger partial charge in [0.25, 0.3) is 0 Å². The number of fused-ring (bicyclic) bond motifs is 3. The second-order valence-electron chi connectivity index (χ2n) is 4.94. The zero-order chi connectivity index (χ0) is 12.7. The summed E-state index contributed by atoms with van der Waals surface area (Å²) in [6, 6.07) is 5.88. The number of carbonyl (C=O) groups is 1. The van der Waals surface area contributed by atoms with Crippen LogP contribution in [0.4, 0.5) is 11.4 Å². The summed E-state index contributed by atoms with van der Waals surface area (Å²) in [6.07, 6.45) is 0. The number of nitrogens with one attached hydrogen (secondary N) is 1. The molecule has 0 radical (unpaired) electrons. The van der Waals surface area contributed by atoms with E-state index in [9.17, 15) is 4.79 Å². The van der Waals surface area contributed by atoms with E-state index >= 15 is 0 Å². The zero-order valence-electron chi connectivity index (χ0n) is 10.4. The summed E-state index contributed by atoms with van der Waals surface area (Å²) in [5, 5.41) is 12.5. The molecule has 1 aromatic carbocycles. The van der Waals surface area contributed by atoms with E-state index in [1.54, 1.807) is 12.1 Å². The first kappa shape index (κ1) is 11.3. The van der Waals surface area contributed by atoms with Crippen molar-refractivity contribution in [3.05, 3.63) is 23.8 Å². The Morgan fingerprint density at radius 1 is 1.44 bits per heavy atom. The van der Waals surface area contributed by atoms with E-state index in [1.165, 1.54) is 0 Å². The lowest BCUT2D eigenvalue weighted by Crippen LogP contribution is -2.58. The molecule has 18 heavy (non-hydrogen) atoms. The van der Waals surface area contributed by atoms with E-state index in [1.807, 2.05) is 13.1 Å². The third kappa shape index (κ3) is 1.71. The van der Waals surface area contributed by atoms with Crippen molar-refractivity contribution < 1.29 is 9.90 Å². The Bertz CT molecular complexity index is 489. The van der Waals surface area contributed by atoms with Crippen LogP contribution in [0.15, 0.2) is 18.2 Å². The molecule has 0 saturated carbocycles. The van der Waals surface area contributed by atoms with E-state index < -0.39 is 5.97 Å². The van der Waals surface area contributed by atoms with E-state index in [-0.39, 0.29) is 0 Å². The summed E-state index contributed by atoms with van der Waals surface area (Å²) in [6.45, 7) is 3.89. The van der Waals surface area contributed by atoms with Crippen LogP contribution in [-0.4, -0.2) is 50.3 Å². The predicted octanol–water partition coefficient (Wildman–Crippen LogP) is 0.613. The molecule has 3 rings (SSSR count). The highest BCUT2D eigenvalue weighted by Crippen LogP contribution is 2.35. The molecule has 2 N–H and O–H groups in total. The molecule has 1 unspecified atom stereocenters. The first-order chi connectivity index (χ1) is 8.66. The number of hydrogen-bond donors (Lipinski definition) is 2. The Balaban J connectivity index is 2.03. The highest BCUT2D eigenvalue weighted by atomic mass is 16.4. The van der Waals surface area contributed by atoms with Gasteiger partial charge < -0.3 is 20.2 Å². The number of carboxylic acid groups (broad SMARTS) is 1. The molecule has 2 aliphatic rings. The molecular weight excluding hydrogens is 230 g/mol. The van der Waals surface area contributed by atoms with Crippen molar-refractivity contribution in [2.45, 2.75) is 6.04 Å². The highest BCUT2D eigenvalue weighted by molar-refractivity contribution is 5.91. The van der Waals surface area contributed by atoms with Crippen LogP contribution in [0.3, 0.4) is 0 Å². The van der Waals surface area contributed by atoms with Crippen molar-refractivity contribution in [1.29, 1.82) is 0 Å². The highest BCUT2D eigenvalue weighted by Gasteiger charge is 2.31. The number of carboxylic acids is 1. The number of piperazine rings is 1. The first-order valence-electron chi connectivity index (χ1n) is 6.22. The number of nitrogens with zero attached hydrogens (tertiary/aromatic N) is 2. The first-order valence-corrected chi connectivity index (χ1v) is 6.22. The van der Waals surface area contributed by atoms with E-state index in [0.29, 0.717) is 11.6 Å². The smallest absolute Gasteiger partial charge is 0.335 e. The molecule has 1 aromatic rings. The molecule has 5 nitrogen and oxygen atoms in total. The van der Waals surface area contributed by atoms with Gasteiger partial charge in [-0.3, -0.25) is 0 Å². The fraction of sp³-hybridized carbons (Fsp3) is 0.462. The molecule has 0 aliphatic carbocycles. The molecule has 1 saturated heterocycles. The lowest BCUT2D eigenvalue weighted by atomic mass is 10.0. The maximum Gasteiger partial charge on any atom is 0.335 e. The Morgan fingerprint density at radius 3 is 3.06 bits per heavy atom. The fourth-order valence-corrected chi connectivity index (χ4v) is 2.86. The van der Waals surface area contributed by atoms with Crippen LogP contribution in [-0.2, 0) is 0 Å². The Labute approximate surface area is 106 Å². The largest absolute Gasteiger partial charge is 0.478 e. The monoisotopic (exact) mass is 247 g/mol. The Morgan fingerprint density at radius 2 is 2.28 bits per heavy atom. The van der Waals surface area contributed by atoms with Crippen molar-refractivity contribution in [1.82, 2.24) is 5.32 Å². The van der Waals surface area contributed by atoms with Crippen molar-refractivity contribution >= 4 is 17.3 Å². The second kappa shape index (κ2) is 4.17. The molecule has 0 bridgehead atoms. The summed E-state index contributed by atoms with van der Waals surface area (Å²) < 4.78 is 0. The molecular formula is C13H17N3O2. The molecule has 0 spiro atoms. The zero-order valence-corrected chi connectivity index (χ0v) is 10.4. The van der Waals surface area contributed by atoms with Crippen LogP contribution in [0, 0.1) is 0 Å². The molecule has 96 valence electrons. The molecule has 2 aliphatic heterocycles. The van der Waals surface area contributed by atoms with Crippen LogP contribution >= 0.6 is 0 Å². The fourth-order valence-electron chi connectivity index (χ4n) is 2.86. The molecule has 1 atom stereocenters. The minimum absolute atomic E-state index is 0.356. The summed E-state index contributed by atoms with van der Waals surface area (Å²) in [5.74, 6) is -0.867. The van der Waals surface area contributed by atoms with Crippen LogP contribution in [0.1, 0.15) is 10.4 Å². The lowest BCUT2D eigenvalue weighted by molar-refractivity contribution is 0.0697. The maximum absolute atomic E-state index is 11.0. The third-order valence-corrected chi connectivity index (χ3v) is 3.78. The predicted molar refractivity (Wildman–Crippen MR) is 70.7 cm³/mol. The third-order valence-electron chi connectivity index (χ3n) is 3.78. The standard InChI is InChI=1S/C13H17N3O2/c1-15-8-10-7-14-4-5-16(10)11-3-2-9(13(17)18)6-12(11)15/h2-3,6,10,14H,4-5,7-8H2,1H3,(H,17,18). The topological polar surface area (TPSA) is 55.8 Å². The summed E-state index contributed by atoms with van der Waals surface area (Å²) in [5.41, 5.74) is 2.53. The normalized spacial score (nSPS) is 22.4. The number of benzene rings is 1. The van der Waals surface area contributed by atoms with Gasteiger partial charge in [-0.25, -0.2) is 4.79 Å². The van der Waals surface area contributed by atoms with Gasteiger partial charge in [0.15, 0.2) is 0 Å². The van der Waals surface area contributed by atoms with Crippen molar-refractivity contribution in [2.75, 3.05) is 43.0 Å². The van der Waals surface area contributed by atoms with Crippen molar-refractivity contribution in [2.24, 2.45) is 0 Å². The average Bonchev–Trinajstić information content (AvgIpc) is 2.38. The van der Waals surface area contributed by atoms with Gasteiger partial charge in [-0.05, 0) is 18.2 Å². The van der Waals surface area contributed by atoms with Gasteiger partial charge in [0.1, 0.15) is 0 Å². The molecule has 0 amide bonds. The molecule has 1 fully saturated rings. The minimum atomic E-state index is -0.867. The lowest BCUT2D eigenvalue weighted by Gasteiger charge is -2.46. The van der Waals surface area contributed by atoms with Crippen molar-refractivity contribution in [3.63, 3.8) is 0 Å². The number of rotatable bonds is 1. The average molecular weight is 247 g/mol. The van der Waals surface area contributed by atoms with Gasteiger partial charge in [0.05, 0.1) is 23.0 Å². The summed E-state index contributed by atoms with van der Waals surface area (Å²) in [7, 11) is 2.02. The maximum atomic E-state index is 11.0. The van der Waals surface area contributed by atoms with Gasteiger partial charge in [-0.15, -0.1) is 0 Å². The van der Waals surface area contributed by atoms with Gasteiger partial charge in [-0.2, -0.15) is 0 Å². The number of anilines is 2. The minimum Gasteiger partial charge on any atom is -0.478 e. The van der Waals surface area contributed by atoms with E-state index in [4.69, 9.17) is 5.11 Å². The summed E-state index contributed by atoms with van der Waals surface area (Å²) in [4.78, 5) is 15.6. The van der Waals surface area contributed by atoms with Gasteiger partial charge >= 0.3 is 5.97 Å². The second-order valence-corrected chi connectivity index (χ2v) is 4.94. The number of hydrogen-bond acceptors (Lipinski definition) is 4. The van der Waals surface area contributed by atoms with Gasteiger partial charge in [0.2, 0.25) is 0 Å². The Kier molecular flexibility index (Phi) is 2.63. The summed E-state index contributed by atoms with van der Waals surface area (Å²) >= 11 is 0. The van der Waals surface area contributed by atoms with Crippen LogP contribution in [0.5, 0.6) is 0 Å². The van der Waals surface area contributed by atoms with Gasteiger partial charge in [0, 0.05) is 33.2 Å². The van der Waals surface area contributed by atoms with E-state index in [2.05, 4.69) is 15.1 Å². The van der Waals surface area contributed by atoms with Crippen molar-refractivity contribution in [3.8, 4) is 0 Å². The SMILES string of the molecule is CN1CC2CNCCN2c2ccc(C(=O)O)cc21. The molecule has 0 aromatic heterocycles. The molecule has 5 heteroatoms. The van der Waals surface area contributed by atoms with E-state index in [0.717, 1.165) is 37.6 Å². The van der Waals surface area contributed by atoms with Crippen LogP contribution in [0.25, 0.3) is 0 Å².